The molecule has 1 saturated heterocycles. The van der Waals surface area contributed by atoms with Crippen molar-refractivity contribution < 1.29 is 24.8 Å². The first-order chi connectivity index (χ1) is 17.4. The maximum atomic E-state index is 10.7. The number of nitrogens with zero attached hydrogens (tertiary/aromatic N) is 3. The monoisotopic (exact) mass is 512 g/mol. The van der Waals surface area contributed by atoms with Gasteiger partial charge in [0.1, 0.15) is 24.1 Å². The highest BCUT2D eigenvalue weighted by molar-refractivity contribution is 7.19. The van der Waals surface area contributed by atoms with E-state index in [0.29, 0.717) is 19.1 Å². The van der Waals surface area contributed by atoms with E-state index >= 15 is 0 Å². The number of nitrogens with one attached hydrogen (secondary N) is 1. The Kier molecular flexibility index (Phi) is 7.42. The van der Waals surface area contributed by atoms with Crippen molar-refractivity contribution in [3.05, 3.63) is 53.4 Å². The molecule has 4 atom stereocenters. The number of para-hydroxylation sites is 2. The fourth-order valence-electron chi connectivity index (χ4n) is 4.50. The summed E-state index contributed by atoms with van der Waals surface area (Å²) in [7, 11) is 4.11. The molecule has 3 heterocycles. The van der Waals surface area contributed by atoms with Gasteiger partial charge in [0.25, 0.3) is 0 Å². The maximum absolute atomic E-state index is 10.7. The van der Waals surface area contributed by atoms with E-state index in [1.165, 1.54) is 0 Å². The Morgan fingerprint density at radius 3 is 2.75 bits per heavy atom. The topological polar surface area (TPSA) is 112 Å². The Balaban J connectivity index is 1.34. The number of aliphatic hydroxyl groups excluding tert-OH is 3. The molecule has 0 aliphatic carbocycles. The van der Waals surface area contributed by atoms with Gasteiger partial charge < -0.3 is 35.0 Å². The largest absolute Gasteiger partial charge is 0.493 e. The number of anilines is 1. The highest BCUT2D eigenvalue weighted by atomic mass is 32.1. The van der Waals surface area contributed by atoms with Crippen LogP contribution in [0.25, 0.3) is 21.1 Å². The molecule has 4 N–H and O–H groups in total. The first kappa shape index (κ1) is 24.9. The third-order valence-electron chi connectivity index (χ3n) is 6.35. The molecule has 192 valence electrons. The first-order valence-corrected chi connectivity index (χ1v) is 12.9. The zero-order valence-electron chi connectivity index (χ0n) is 20.4. The number of imidazole rings is 1. The number of ether oxygens (including phenoxy) is 2. The molecular weight excluding hydrogens is 480 g/mol. The van der Waals surface area contributed by atoms with Gasteiger partial charge in [0.05, 0.1) is 30.8 Å². The van der Waals surface area contributed by atoms with Crippen LogP contribution < -0.4 is 10.1 Å². The first-order valence-electron chi connectivity index (χ1n) is 12.1. The van der Waals surface area contributed by atoms with Gasteiger partial charge in [-0.1, -0.05) is 12.1 Å². The average molecular weight is 513 g/mol. The molecule has 9 nitrogen and oxygen atoms in total. The third kappa shape index (κ3) is 5.06. The minimum absolute atomic E-state index is 0.382. The summed E-state index contributed by atoms with van der Waals surface area (Å²) in [4.78, 5) is 7.97. The number of hydrogen-bond acceptors (Lipinski definition) is 9. The van der Waals surface area contributed by atoms with Gasteiger partial charge in [-0.2, -0.15) is 0 Å². The Hall–Kier alpha value is -2.73. The van der Waals surface area contributed by atoms with E-state index < -0.39 is 24.5 Å². The van der Waals surface area contributed by atoms with E-state index in [0.717, 1.165) is 44.7 Å². The highest BCUT2D eigenvalue weighted by Gasteiger charge is 2.44. The number of rotatable bonds is 10. The lowest BCUT2D eigenvalue weighted by Gasteiger charge is -2.20. The number of thiophene rings is 1. The molecule has 0 amide bonds. The lowest BCUT2D eigenvalue weighted by atomic mass is 10.1. The SMILES string of the molecule is CN(C)CCCOc1ccc2cc(CNc3nc4ccccc4n3[C@@H]3O[C@H](CO)[C@@H](O)[C@H]3O)sc2c1. The number of aromatic nitrogens is 2. The Labute approximate surface area is 213 Å². The molecule has 0 bridgehead atoms. The van der Waals surface area contributed by atoms with Crippen molar-refractivity contribution in [1.82, 2.24) is 14.5 Å². The van der Waals surface area contributed by atoms with Crippen molar-refractivity contribution >= 4 is 38.4 Å². The van der Waals surface area contributed by atoms with Crippen molar-refractivity contribution in [3.63, 3.8) is 0 Å². The number of hydrogen-bond donors (Lipinski definition) is 4. The second-order valence-corrected chi connectivity index (χ2v) is 10.5. The Bertz CT molecular complexity index is 1320. The van der Waals surface area contributed by atoms with Gasteiger partial charge in [-0.15, -0.1) is 11.3 Å². The standard InChI is InChI=1S/C26H32N4O5S/c1-29(2)10-5-11-34-17-9-8-16-12-18(36-22(16)13-17)14-27-26-28-19-6-3-4-7-20(19)30(26)25-24(33)23(32)21(15-31)35-25/h3-4,6-9,12-13,21,23-25,31-33H,5,10-11,14-15H2,1-2H3,(H,27,28)/t21-,23-,24-,25-/m1/s1. The van der Waals surface area contributed by atoms with Gasteiger partial charge in [0, 0.05) is 16.1 Å². The summed E-state index contributed by atoms with van der Waals surface area (Å²) in [5, 5.41) is 35.0. The van der Waals surface area contributed by atoms with Gasteiger partial charge >= 0.3 is 0 Å². The fourth-order valence-corrected chi connectivity index (χ4v) is 5.53. The predicted molar refractivity (Wildman–Crippen MR) is 141 cm³/mol. The lowest BCUT2D eigenvalue weighted by molar-refractivity contribution is -0.0499. The molecule has 0 radical (unpaired) electrons. The molecule has 2 aromatic carbocycles. The summed E-state index contributed by atoms with van der Waals surface area (Å²) < 4.78 is 14.6. The van der Waals surface area contributed by atoms with Crippen LogP contribution in [0.4, 0.5) is 5.95 Å². The molecule has 0 unspecified atom stereocenters. The Morgan fingerprint density at radius 2 is 1.97 bits per heavy atom. The summed E-state index contributed by atoms with van der Waals surface area (Å²) in [6.07, 6.45) is -3.14. The van der Waals surface area contributed by atoms with Gasteiger partial charge in [0.2, 0.25) is 5.95 Å². The van der Waals surface area contributed by atoms with Crippen LogP contribution in [-0.4, -0.2) is 81.9 Å². The van der Waals surface area contributed by atoms with Crippen molar-refractivity contribution in [3.8, 4) is 5.75 Å². The van der Waals surface area contributed by atoms with E-state index in [4.69, 9.17) is 14.5 Å². The molecule has 4 aromatic rings. The van der Waals surface area contributed by atoms with Crippen LogP contribution in [0.5, 0.6) is 5.75 Å². The fraction of sp³-hybridized carbons (Fsp3) is 0.423. The van der Waals surface area contributed by atoms with E-state index in [1.54, 1.807) is 15.9 Å². The van der Waals surface area contributed by atoms with Crippen LogP contribution in [0, 0.1) is 0 Å². The molecule has 1 fully saturated rings. The van der Waals surface area contributed by atoms with Crippen LogP contribution in [0.15, 0.2) is 48.5 Å². The molecule has 5 rings (SSSR count). The van der Waals surface area contributed by atoms with Crippen LogP contribution in [0.3, 0.4) is 0 Å². The highest BCUT2D eigenvalue weighted by Crippen LogP contribution is 2.35. The van der Waals surface area contributed by atoms with Crippen molar-refractivity contribution in [2.24, 2.45) is 0 Å². The third-order valence-corrected chi connectivity index (χ3v) is 7.45. The van der Waals surface area contributed by atoms with Gasteiger partial charge in [0.15, 0.2) is 6.23 Å². The number of benzene rings is 2. The van der Waals surface area contributed by atoms with Gasteiger partial charge in [-0.25, -0.2) is 4.98 Å². The summed E-state index contributed by atoms with van der Waals surface area (Å²) in [5.74, 6) is 1.39. The van der Waals surface area contributed by atoms with Crippen LogP contribution in [0.1, 0.15) is 17.5 Å². The second-order valence-electron chi connectivity index (χ2n) is 9.29. The van der Waals surface area contributed by atoms with E-state index in [9.17, 15) is 15.3 Å². The molecule has 0 saturated carbocycles. The van der Waals surface area contributed by atoms with E-state index in [1.807, 2.05) is 30.3 Å². The predicted octanol–water partition coefficient (Wildman–Crippen LogP) is 2.81. The van der Waals surface area contributed by atoms with E-state index in [2.05, 4.69) is 42.5 Å². The molecule has 0 spiro atoms. The zero-order valence-corrected chi connectivity index (χ0v) is 21.2. The molecule has 36 heavy (non-hydrogen) atoms. The van der Waals surface area contributed by atoms with Crippen molar-refractivity contribution in [2.45, 2.75) is 37.5 Å². The van der Waals surface area contributed by atoms with E-state index in [-0.39, 0.29) is 6.61 Å². The zero-order chi connectivity index (χ0) is 25.2. The minimum atomic E-state index is -1.19. The molecule has 1 aliphatic rings. The summed E-state index contributed by atoms with van der Waals surface area (Å²) >= 11 is 1.68. The number of aliphatic hydroxyl groups is 3. The van der Waals surface area contributed by atoms with Crippen molar-refractivity contribution in [2.75, 3.05) is 39.2 Å². The lowest BCUT2D eigenvalue weighted by Crippen LogP contribution is -2.33. The van der Waals surface area contributed by atoms with Gasteiger partial charge in [-0.3, -0.25) is 4.57 Å². The molecule has 10 heteroatoms. The smallest absolute Gasteiger partial charge is 0.206 e. The second kappa shape index (κ2) is 10.7. The molecule has 2 aromatic heterocycles. The van der Waals surface area contributed by atoms with Gasteiger partial charge in [-0.05, 0) is 62.3 Å². The normalized spacial score (nSPS) is 22.2. The van der Waals surface area contributed by atoms with Crippen molar-refractivity contribution in [1.29, 1.82) is 0 Å². The maximum Gasteiger partial charge on any atom is 0.206 e. The molecular formula is C26H32N4O5S. The molecule has 1 aliphatic heterocycles. The Morgan fingerprint density at radius 1 is 1.14 bits per heavy atom. The van der Waals surface area contributed by atoms with Crippen LogP contribution in [0.2, 0.25) is 0 Å². The summed E-state index contributed by atoms with van der Waals surface area (Å²) in [5.41, 5.74) is 1.51. The summed E-state index contributed by atoms with van der Waals surface area (Å²) in [6.45, 7) is 1.81. The average Bonchev–Trinajstić information content (AvgIpc) is 3.53. The minimum Gasteiger partial charge on any atom is -0.493 e. The quantitative estimate of drug-likeness (QED) is 0.240. The summed E-state index contributed by atoms with van der Waals surface area (Å²) in [6, 6.07) is 15.9. The van der Waals surface area contributed by atoms with Crippen LogP contribution in [-0.2, 0) is 11.3 Å². The van der Waals surface area contributed by atoms with Crippen LogP contribution >= 0.6 is 11.3 Å². The number of fused-ring (bicyclic) bond motifs is 2.